The number of rotatable bonds is 7. The van der Waals surface area contributed by atoms with Crippen molar-refractivity contribution in [3.63, 3.8) is 0 Å². The molecule has 242 valence electrons. The maximum Gasteiger partial charge on any atom is 0.171 e. The van der Waals surface area contributed by atoms with Crippen LogP contribution in [0.2, 0.25) is 0 Å². The first kappa shape index (κ1) is 29.9. The molecule has 0 amide bonds. The van der Waals surface area contributed by atoms with Crippen LogP contribution in [0.25, 0.3) is 0 Å². The lowest BCUT2D eigenvalue weighted by Gasteiger charge is -2.49. The Balaban J connectivity index is 0.962. The van der Waals surface area contributed by atoms with Gasteiger partial charge in [0.05, 0.1) is 39.1 Å². The van der Waals surface area contributed by atoms with Gasteiger partial charge in [-0.05, 0) is 87.4 Å². The van der Waals surface area contributed by atoms with Crippen LogP contribution in [0.3, 0.4) is 0 Å². The molecule has 4 bridgehead atoms. The normalized spacial score (nSPS) is 46.4. The molecule has 8 rings (SSSR count). The molecular weight excluding hydrogens is 540 g/mol. The Morgan fingerprint density at radius 3 is 2.53 bits per heavy atom. The van der Waals surface area contributed by atoms with Gasteiger partial charge in [-0.15, -0.1) is 0 Å². The van der Waals surface area contributed by atoms with Crippen molar-refractivity contribution in [3.8, 4) is 0 Å². The zero-order valence-electron chi connectivity index (χ0n) is 26.6. The minimum Gasteiger partial charge on any atom is -0.352 e. The first-order valence-corrected chi connectivity index (χ1v) is 18.7. The van der Waals surface area contributed by atoms with Crippen LogP contribution in [0.15, 0.2) is 11.6 Å². The highest BCUT2D eigenvalue weighted by molar-refractivity contribution is 5.07. The van der Waals surface area contributed by atoms with E-state index < -0.39 is 0 Å². The van der Waals surface area contributed by atoms with Gasteiger partial charge in [0.1, 0.15) is 0 Å². The Kier molecular flexibility index (Phi) is 9.25. The van der Waals surface area contributed by atoms with E-state index in [1.165, 1.54) is 95.5 Å². The summed E-state index contributed by atoms with van der Waals surface area (Å²) in [6, 6.07) is 0. The summed E-state index contributed by atoms with van der Waals surface area (Å²) in [5.41, 5.74) is 1.49. The molecule has 0 aromatic heterocycles. The third-order valence-electron chi connectivity index (χ3n) is 13.3. The first-order chi connectivity index (χ1) is 21.2. The van der Waals surface area contributed by atoms with Crippen molar-refractivity contribution in [1.29, 1.82) is 0 Å². The summed E-state index contributed by atoms with van der Waals surface area (Å²) in [7, 11) is 0. The van der Waals surface area contributed by atoms with E-state index in [-0.39, 0.29) is 24.5 Å². The van der Waals surface area contributed by atoms with Gasteiger partial charge in [-0.1, -0.05) is 63.0 Å². The van der Waals surface area contributed by atoms with Gasteiger partial charge < -0.3 is 28.4 Å². The maximum absolute atomic E-state index is 7.10. The molecule has 10 unspecified atom stereocenters. The zero-order valence-corrected chi connectivity index (χ0v) is 26.6. The number of hydrogen-bond acceptors (Lipinski definition) is 6. The van der Waals surface area contributed by atoms with Gasteiger partial charge in [-0.25, -0.2) is 0 Å². The first-order valence-electron chi connectivity index (χ1n) is 18.7. The quantitative estimate of drug-likeness (QED) is 0.279. The van der Waals surface area contributed by atoms with Crippen molar-refractivity contribution < 1.29 is 28.4 Å². The Labute approximate surface area is 260 Å². The Morgan fingerprint density at radius 2 is 1.70 bits per heavy atom. The average Bonchev–Trinajstić information content (AvgIpc) is 3.78. The van der Waals surface area contributed by atoms with Crippen molar-refractivity contribution in [3.05, 3.63) is 11.6 Å². The molecule has 0 aromatic carbocycles. The molecule has 0 aromatic rings. The smallest absolute Gasteiger partial charge is 0.171 e. The van der Waals surface area contributed by atoms with E-state index in [1.54, 1.807) is 0 Å². The highest BCUT2D eigenvalue weighted by Crippen LogP contribution is 2.54. The Hall–Kier alpha value is -0.500. The zero-order chi connectivity index (χ0) is 28.6. The fourth-order valence-electron chi connectivity index (χ4n) is 11.3. The summed E-state index contributed by atoms with van der Waals surface area (Å²) in [5.74, 6) is 4.81. The van der Waals surface area contributed by atoms with Crippen LogP contribution in [0.4, 0.5) is 0 Å². The second-order valence-corrected chi connectivity index (χ2v) is 16.0. The summed E-state index contributed by atoms with van der Waals surface area (Å²) < 4.78 is 39.5. The number of fused-ring (bicyclic) bond motifs is 5. The van der Waals surface area contributed by atoms with Gasteiger partial charge in [0.15, 0.2) is 18.4 Å². The van der Waals surface area contributed by atoms with E-state index in [2.05, 4.69) is 6.08 Å². The molecule has 3 aliphatic heterocycles. The summed E-state index contributed by atoms with van der Waals surface area (Å²) in [6.07, 6.45) is 25.4. The van der Waals surface area contributed by atoms with Crippen LogP contribution in [0, 0.1) is 47.3 Å². The van der Waals surface area contributed by atoms with Crippen LogP contribution in [0.1, 0.15) is 116 Å². The SMILES string of the molecule is C1=C(/CC(CC2CCCCC2)C2OCC(C3C4CCCC(C4)CC3C3OCCCO3)O2)CCOC2(CC3CCC2C3)OC/1. The molecule has 2 saturated heterocycles. The second-order valence-electron chi connectivity index (χ2n) is 16.0. The predicted octanol–water partition coefficient (Wildman–Crippen LogP) is 7.79. The number of ether oxygens (including phenoxy) is 6. The molecular formula is C37H58O6. The maximum atomic E-state index is 7.10. The highest BCUT2D eigenvalue weighted by atomic mass is 16.7. The summed E-state index contributed by atoms with van der Waals surface area (Å²) in [4.78, 5) is 0. The molecule has 10 atom stereocenters. The van der Waals surface area contributed by atoms with Crippen molar-refractivity contribution in [2.45, 2.75) is 140 Å². The molecule has 5 saturated carbocycles. The van der Waals surface area contributed by atoms with Gasteiger partial charge in [0.2, 0.25) is 0 Å². The molecule has 5 aliphatic carbocycles. The van der Waals surface area contributed by atoms with Crippen LogP contribution in [0.5, 0.6) is 0 Å². The van der Waals surface area contributed by atoms with Gasteiger partial charge in [0.25, 0.3) is 0 Å². The fourth-order valence-corrected chi connectivity index (χ4v) is 11.3. The monoisotopic (exact) mass is 598 g/mol. The predicted molar refractivity (Wildman–Crippen MR) is 164 cm³/mol. The second kappa shape index (κ2) is 13.3. The van der Waals surface area contributed by atoms with Crippen molar-refractivity contribution in [1.82, 2.24) is 0 Å². The van der Waals surface area contributed by atoms with E-state index in [9.17, 15) is 0 Å². The lowest BCUT2D eigenvalue weighted by atomic mass is 9.60. The van der Waals surface area contributed by atoms with Gasteiger partial charge in [-0.2, -0.15) is 0 Å². The van der Waals surface area contributed by atoms with Crippen LogP contribution < -0.4 is 0 Å². The standard InChI is InChI=1S/C37H58O6/c1-2-6-25(7-3-1)18-30(19-26-12-16-41-37(42-17-13-26)23-28-10-11-31(37)21-28)35-40-24-33(43-35)34-29-9-4-8-27(20-29)22-32(34)36-38-14-5-15-39-36/h12,25,27-36H,1-11,13-24H2/b26-12+. The third-order valence-corrected chi connectivity index (χ3v) is 13.3. The van der Waals surface area contributed by atoms with E-state index in [0.29, 0.717) is 30.3 Å². The van der Waals surface area contributed by atoms with E-state index >= 15 is 0 Å². The molecule has 0 radical (unpaired) electrons. The van der Waals surface area contributed by atoms with Crippen LogP contribution in [-0.4, -0.2) is 57.5 Å². The minimum atomic E-state index is -0.294. The summed E-state index contributed by atoms with van der Waals surface area (Å²) in [6.45, 7) is 3.88. The lowest BCUT2D eigenvalue weighted by Crippen LogP contribution is -2.49. The number of hydrogen-bond donors (Lipinski definition) is 0. The van der Waals surface area contributed by atoms with Gasteiger partial charge >= 0.3 is 0 Å². The van der Waals surface area contributed by atoms with Crippen LogP contribution >= 0.6 is 0 Å². The van der Waals surface area contributed by atoms with Gasteiger partial charge in [0, 0.05) is 24.2 Å². The van der Waals surface area contributed by atoms with E-state index in [1.807, 2.05) is 0 Å². The molecule has 6 heteroatoms. The molecule has 6 nitrogen and oxygen atoms in total. The third kappa shape index (κ3) is 6.41. The summed E-state index contributed by atoms with van der Waals surface area (Å²) in [5, 5.41) is 0. The molecule has 3 heterocycles. The molecule has 0 N–H and O–H groups in total. The topological polar surface area (TPSA) is 55.4 Å². The van der Waals surface area contributed by atoms with Crippen molar-refractivity contribution in [2.75, 3.05) is 33.0 Å². The Morgan fingerprint density at radius 1 is 0.791 bits per heavy atom. The van der Waals surface area contributed by atoms with E-state index in [0.717, 1.165) is 75.8 Å². The van der Waals surface area contributed by atoms with Crippen molar-refractivity contribution in [2.24, 2.45) is 47.3 Å². The van der Waals surface area contributed by atoms with Crippen molar-refractivity contribution >= 4 is 0 Å². The van der Waals surface area contributed by atoms with Crippen LogP contribution in [-0.2, 0) is 28.4 Å². The molecule has 7 fully saturated rings. The van der Waals surface area contributed by atoms with Gasteiger partial charge in [-0.3, -0.25) is 0 Å². The fraction of sp³-hybridized carbons (Fsp3) is 0.946. The molecule has 43 heavy (non-hydrogen) atoms. The molecule has 8 aliphatic rings. The minimum absolute atomic E-state index is 0.0544. The largest absolute Gasteiger partial charge is 0.352 e. The molecule has 1 spiro atoms. The Bertz CT molecular complexity index is 957. The summed E-state index contributed by atoms with van der Waals surface area (Å²) >= 11 is 0. The highest BCUT2D eigenvalue weighted by Gasteiger charge is 2.54. The van der Waals surface area contributed by atoms with E-state index in [4.69, 9.17) is 28.4 Å². The lowest BCUT2D eigenvalue weighted by molar-refractivity contribution is -0.260. The average molecular weight is 599 g/mol.